The van der Waals surface area contributed by atoms with Gasteiger partial charge in [0.2, 0.25) is 0 Å². The van der Waals surface area contributed by atoms with Crippen molar-refractivity contribution in [1.29, 1.82) is 0 Å². The Bertz CT molecular complexity index is 781. The van der Waals surface area contributed by atoms with Crippen molar-refractivity contribution >= 4 is 21.9 Å². The number of allylic oxidation sites excluding steroid dienone is 5. The SMILES string of the molecule is O=S(=O)(C(SOOC(F)(F)F)=C1C(F)=C(F)C(F)=C(F)[C-]1F)C(F)(F)F.[H+]. The van der Waals surface area contributed by atoms with Crippen molar-refractivity contribution in [1.82, 2.24) is 0 Å². The Morgan fingerprint density at radius 3 is 1.88 bits per heavy atom. The molecule has 0 N–H and O–H groups in total. The van der Waals surface area contributed by atoms with E-state index in [1.54, 1.807) is 0 Å². The Labute approximate surface area is 141 Å². The van der Waals surface area contributed by atoms with Crippen LogP contribution in [0.4, 0.5) is 48.3 Å². The average molecular weight is 446 g/mol. The van der Waals surface area contributed by atoms with Gasteiger partial charge in [0.05, 0.1) is 16.2 Å². The van der Waals surface area contributed by atoms with Crippen molar-refractivity contribution in [2.24, 2.45) is 0 Å². The molecule has 0 atom stereocenters. The molecule has 26 heavy (non-hydrogen) atoms. The summed E-state index contributed by atoms with van der Waals surface area (Å²) in [4.78, 5) is 2.46. The van der Waals surface area contributed by atoms with Gasteiger partial charge in [-0.1, -0.05) is 0 Å². The number of rotatable bonds is 4. The Kier molecular flexibility index (Phi) is 6.32. The molecule has 1 aliphatic rings. The number of sulfone groups is 1. The van der Waals surface area contributed by atoms with Crippen LogP contribution in [0.1, 0.15) is 1.43 Å². The summed E-state index contributed by atoms with van der Waals surface area (Å²) in [5, 5.41) is 0. The smallest absolute Gasteiger partial charge is 0.262 e. The predicted octanol–water partition coefficient (Wildman–Crippen LogP) is 5.18. The van der Waals surface area contributed by atoms with Gasteiger partial charge in [0.15, 0.2) is 0 Å². The molecule has 0 fully saturated rings. The zero-order valence-corrected chi connectivity index (χ0v) is 12.7. The van der Waals surface area contributed by atoms with Crippen molar-refractivity contribution in [3.8, 4) is 0 Å². The minimum atomic E-state index is -6.93. The van der Waals surface area contributed by atoms with Crippen LogP contribution in [0.25, 0.3) is 0 Å². The third-order valence-electron chi connectivity index (χ3n) is 2.20. The van der Waals surface area contributed by atoms with Gasteiger partial charge in [-0.05, 0) is 5.57 Å². The fourth-order valence-electron chi connectivity index (χ4n) is 1.20. The quantitative estimate of drug-likeness (QED) is 0.196. The fraction of sp³-hybridized carbons (Fsp3) is 0.222. The molecule has 0 saturated carbocycles. The van der Waals surface area contributed by atoms with E-state index in [0.29, 0.717) is 0 Å². The predicted molar refractivity (Wildman–Crippen MR) is 61.8 cm³/mol. The second-order valence-corrected chi connectivity index (χ2v) is 6.71. The molecule has 0 aliphatic heterocycles. The van der Waals surface area contributed by atoms with Crippen LogP contribution in [0.5, 0.6) is 0 Å². The van der Waals surface area contributed by atoms with E-state index >= 15 is 0 Å². The summed E-state index contributed by atoms with van der Waals surface area (Å²) in [6.07, 6.45) is -8.69. The number of hydrogen-bond acceptors (Lipinski definition) is 5. The van der Waals surface area contributed by atoms with E-state index in [-0.39, 0.29) is 1.43 Å². The van der Waals surface area contributed by atoms with Crippen molar-refractivity contribution in [2.75, 3.05) is 0 Å². The zero-order chi connectivity index (χ0) is 20.7. The number of hydrogen-bond donors (Lipinski definition) is 0. The van der Waals surface area contributed by atoms with Gasteiger partial charge in [-0.3, -0.25) is 13.2 Å². The number of halogens is 11. The van der Waals surface area contributed by atoms with Crippen molar-refractivity contribution in [3.05, 3.63) is 39.3 Å². The molecule has 0 spiro atoms. The standard InChI is InChI=1S/C9F11O4S2/c10-2-1(3(11)5(13)6(14)4(2)12)7(25-24-23-8(15,16)17)26(21,22)9(18,19)20/q-1/p+1. The summed E-state index contributed by atoms with van der Waals surface area (Å²) < 4.78 is 161. The van der Waals surface area contributed by atoms with E-state index in [9.17, 15) is 56.7 Å². The lowest BCUT2D eigenvalue weighted by molar-refractivity contribution is -0.439. The molecule has 0 unspecified atom stereocenters. The van der Waals surface area contributed by atoms with Gasteiger partial charge in [-0.15, -0.1) is 18.1 Å². The van der Waals surface area contributed by atoms with Crippen LogP contribution < -0.4 is 0 Å². The van der Waals surface area contributed by atoms with Crippen LogP contribution in [0.2, 0.25) is 0 Å². The van der Waals surface area contributed by atoms with Crippen LogP contribution in [0, 0.1) is 6.17 Å². The molecule has 0 aromatic carbocycles. The minimum Gasteiger partial charge on any atom is -0.262 e. The highest BCUT2D eigenvalue weighted by Gasteiger charge is 2.49. The third kappa shape index (κ3) is 4.44. The van der Waals surface area contributed by atoms with Crippen LogP contribution in [0.15, 0.2) is 33.1 Å². The highest BCUT2D eigenvalue weighted by Crippen LogP contribution is 2.50. The maximum Gasteiger partial charge on any atom is 1.00 e. The van der Waals surface area contributed by atoms with Gasteiger partial charge in [0, 0.05) is 12.0 Å². The van der Waals surface area contributed by atoms with Gasteiger partial charge in [0.1, 0.15) is 17.5 Å². The highest BCUT2D eigenvalue weighted by atomic mass is 32.3. The van der Waals surface area contributed by atoms with Gasteiger partial charge in [0.25, 0.3) is 9.84 Å². The average Bonchev–Trinajstić information content (AvgIpc) is 2.47. The lowest BCUT2D eigenvalue weighted by atomic mass is 10.0. The minimum absolute atomic E-state index is 0. The van der Waals surface area contributed by atoms with E-state index in [1.165, 1.54) is 0 Å². The second kappa shape index (κ2) is 7.28. The lowest BCUT2D eigenvalue weighted by Crippen LogP contribution is -2.26. The Hall–Kier alpha value is -1.46. The topological polar surface area (TPSA) is 52.6 Å². The molecule has 0 radical (unpaired) electrons. The first kappa shape index (κ1) is 22.6. The largest absolute Gasteiger partial charge is 1.00 e. The van der Waals surface area contributed by atoms with Crippen LogP contribution in [0.3, 0.4) is 0 Å². The van der Waals surface area contributed by atoms with Crippen LogP contribution in [-0.2, 0) is 19.1 Å². The molecule has 150 valence electrons. The molecule has 0 heterocycles. The molecule has 0 aromatic heterocycles. The summed E-state index contributed by atoms with van der Waals surface area (Å²) in [5.74, 6) is -11.7. The lowest BCUT2D eigenvalue weighted by Gasteiger charge is -2.27. The first-order valence-electron chi connectivity index (χ1n) is 5.31. The third-order valence-corrected chi connectivity index (χ3v) is 4.86. The molecule has 1 rings (SSSR count). The maximum absolute atomic E-state index is 13.5. The van der Waals surface area contributed by atoms with E-state index < -0.39 is 73.0 Å². The van der Waals surface area contributed by atoms with E-state index in [1.807, 2.05) is 0 Å². The molecule has 0 aromatic rings. The van der Waals surface area contributed by atoms with Gasteiger partial charge in [-0.2, -0.15) is 17.5 Å². The summed E-state index contributed by atoms with van der Waals surface area (Å²) in [6, 6.07) is 0. The van der Waals surface area contributed by atoms with Crippen LogP contribution >= 0.6 is 12.0 Å². The summed E-state index contributed by atoms with van der Waals surface area (Å²) in [7, 11) is -6.93. The molecule has 17 heteroatoms. The van der Waals surface area contributed by atoms with Gasteiger partial charge in [-0.25, -0.2) is 17.2 Å². The monoisotopic (exact) mass is 446 g/mol. The van der Waals surface area contributed by atoms with Gasteiger partial charge < -0.3 is 0 Å². The Morgan fingerprint density at radius 2 is 1.46 bits per heavy atom. The molecule has 0 amide bonds. The molecular formula is C9HF11O4S2. The van der Waals surface area contributed by atoms with E-state index in [4.69, 9.17) is 0 Å². The summed E-state index contributed by atoms with van der Waals surface area (Å²) in [6.45, 7) is 0. The summed E-state index contributed by atoms with van der Waals surface area (Å²) in [5.41, 5.74) is -9.09. The van der Waals surface area contributed by atoms with Crippen molar-refractivity contribution in [3.63, 3.8) is 0 Å². The number of alkyl halides is 6. The molecule has 4 nitrogen and oxygen atoms in total. The second-order valence-electron chi connectivity index (χ2n) is 3.86. The first-order chi connectivity index (χ1) is 11.5. The fourth-order valence-corrected chi connectivity index (χ4v) is 3.02. The van der Waals surface area contributed by atoms with Crippen molar-refractivity contribution in [2.45, 2.75) is 11.9 Å². The zero-order valence-electron chi connectivity index (χ0n) is 12.1. The highest BCUT2D eigenvalue weighted by molar-refractivity contribution is 8.16. The summed E-state index contributed by atoms with van der Waals surface area (Å²) >= 11 is -1.58. The first-order valence-corrected chi connectivity index (χ1v) is 7.54. The maximum atomic E-state index is 13.5. The molecule has 0 saturated heterocycles. The van der Waals surface area contributed by atoms with Crippen LogP contribution in [-0.4, -0.2) is 20.3 Å². The Balaban J connectivity index is 0.00000676. The molecule has 1 aliphatic carbocycles. The molecule has 0 bridgehead atoms. The molecular weight excluding hydrogens is 445 g/mol. The van der Waals surface area contributed by atoms with E-state index in [0.717, 1.165) is 0 Å². The Morgan fingerprint density at radius 1 is 0.962 bits per heavy atom. The van der Waals surface area contributed by atoms with Gasteiger partial charge >= 0.3 is 13.3 Å². The normalized spacial score (nSPS) is 19.4. The van der Waals surface area contributed by atoms with Crippen molar-refractivity contribution < 1.29 is 67.4 Å². The van der Waals surface area contributed by atoms with E-state index in [2.05, 4.69) is 9.22 Å².